The Labute approximate surface area is 125 Å². The molecule has 0 atom stereocenters. The Bertz CT molecular complexity index is 708. The summed E-state index contributed by atoms with van der Waals surface area (Å²) >= 11 is 0. The fourth-order valence-electron chi connectivity index (χ4n) is 2.01. The number of nitrogens with zero attached hydrogens (tertiary/aromatic N) is 2. The normalized spacial score (nSPS) is 9.81. The SMILES string of the molecule is N#CC(C#N)(CC#CCc1ccccc1)c1ccccc1. The highest BCUT2D eigenvalue weighted by molar-refractivity contribution is 5.42. The maximum Gasteiger partial charge on any atom is 0.179 e. The summed E-state index contributed by atoms with van der Waals surface area (Å²) < 4.78 is 0. The molecule has 0 saturated heterocycles. The van der Waals surface area contributed by atoms with Crippen molar-refractivity contribution in [3.05, 3.63) is 71.8 Å². The van der Waals surface area contributed by atoms with E-state index in [2.05, 4.69) is 24.0 Å². The monoisotopic (exact) mass is 270 g/mol. The van der Waals surface area contributed by atoms with Crippen molar-refractivity contribution < 1.29 is 0 Å². The van der Waals surface area contributed by atoms with E-state index in [1.807, 2.05) is 48.5 Å². The molecule has 0 spiro atoms. The van der Waals surface area contributed by atoms with Crippen LogP contribution in [0, 0.1) is 34.5 Å². The molecule has 0 saturated carbocycles. The molecule has 0 aliphatic rings. The summed E-state index contributed by atoms with van der Waals surface area (Å²) in [5.74, 6) is 6.02. The number of nitriles is 2. The van der Waals surface area contributed by atoms with Crippen molar-refractivity contribution in [2.24, 2.45) is 0 Å². The highest BCUT2D eigenvalue weighted by atomic mass is 14.4. The summed E-state index contributed by atoms with van der Waals surface area (Å²) in [7, 11) is 0. The first-order valence-corrected chi connectivity index (χ1v) is 6.68. The van der Waals surface area contributed by atoms with Gasteiger partial charge >= 0.3 is 0 Å². The molecule has 0 radical (unpaired) electrons. The third kappa shape index (κ3) is 3.50. The Morgan fingerprint density at radius 3 is 1.90 bits per heavy atom. The van der Waals surface area contributed by atoms with Gasteiger partial charge in [-0.2, -0.15) is 10.5 Å². The highest BCUT2D eigenvalue weighted by Crippen LogP contribution is 2.26. The molecule has 0 fully saturated rings. The highest BCUT2D eigenvalue weighted by Gasteiger charge is 2.31. The number of benzene rings is 2. The third-order valence-electron chi connectivity index (χ3n) is 3.26. The van der Waals surface area contributed by atoms with Gasteiger partial charge in [0, 0.05) is 12.8 Å². The Morgan fingerprint density at radius 1 is 0.762 bits per heavy atom. The summed E-state index contributed by atoms with van der Waals surface area (Å²) in [4.78, 5) is 0. The van der Waals surface area contributed by atoms with E-state index in [4.69, 9.17) is 0 Å². The molecule has 100 valence electrons. The standard InChI is InChI=1S/C19H14N2/c20-15-19(16-21,18-12-5-2-6-13-18)14-8-7-11-17-9-3-1-4-10-17/h1-6,9-10,12-13H,11,14H2. The summed E-state index contributed by atoms with van der Waals surface area (Å²) in [6.45, 7) is 0. The van der Waals surface area contributed by atoms with Gasteiger partial charge in [0.2, 0.25) is 0 Å². The molecular formula is C19H14N2. The van der Waals surface area contributed by atoms with Crippen LogP contribution in [0.3, 0.4) is 0 Å². The quantitative estimate of drug-likeness (QED) is 0.800. The van der Waals surface area contributed by atoms with Gasteiger partial charge in [0.1, 0.15) is 0 Å². The van der Waals surface area contributed by atoms with Gasteiger partial charge in [-0.3, -0.25) is 0 Å². The lowest BCUT2D eigenvalue weighted by molar-refractivity contribution is 0.726. The van der Waals surface area contributed by atoms with Gasteiger partial charge in [-0.05, 0) is 11.1 Å². The van der Waals surface area contributed by atoms with E-state index < -0.39 is 5.41 Å². The van der Waals surface area contributed by atoms with E-state index in [0.29, 0.717) is 12.0 Å². The van der Waals surface area contributed by atoms with E-state index in [-0.39, 0.29) is 6.42 Å². The van der Waals surface area contributed by atoms with Gasteiger partial charge in [-0.1, -0.05) is 72.5 Å². The first-order valence-electron chi connectivity index (χ1n) is 6.68. The van der Waals surface area contributed by atoms with Crippen LogP contribution in [0.15, 0.2) is 60.7 Å². The predicted octanol–water partition coefficient (Wildman–Crippen LogP) is 3.61. The average Bonchev–Trinajstić information content (AvgIpc) is 2.57. The Morgan fingerprint density at radius 2 is 1.33 bits per heavy atom. The Hall–Kier alpha value is -3.02. The predicted molar refractivity (Wildman–Crippen MR) is 81.9 cm³/mol. The molecule has 2 aromatic carbocycles. The number of hydrogen-bond acceptors (Lipinski definition) is 2. The van der Waals surface area contributed by atoms with Crippen molar-refractivity contribution in [3.63, 3.8) is 0 Å². The minimum atomic E-state index is -1.19. The van der Waals surface area contributed by atoms with E-state index in [0.717, 1.165) is 5.56 Å². The average molecular weight is 270 g/mol. The third-order valence-corrected chi connectivity index (χ3v) is 3.26. The molecule has 0 aliphatic heterocycles. The fourth-order valence-corrected chi connectivity index (χ4v) is 2.01. The van der Waals surface area contributed by atoms with Crippen molar-refractivity contribution in [1.82, 2.24) is 0 Å². The second-order valence-electron chi connectivity index (χ2n) is 4.69. The molecule has 0 unspecified atom stereocenters. The lowest BCUT2D eigenvalue weighted by Gasteiger charge is -2.15. The van der Waals surface area contributed by atoms with Gasteiger partial charge in [0.05, 0.1) is 12.1 Å². The largest absolute Gasteiger partial charge is 0.196 e. The van der Waals surface area contributed by atoms with Gasteiger partial charge in [0.15, 0.2) is 5.41 Å². The van der Waals surface area contributed by atoms with Crippen LogP contribution >= 0.6 is 0 Å². The minimum absolute atomic E-state index is 0.219. The van der Waals surface area contributed by atoms with Gasteiger partial charge < -0.3 is 0 Å². The molecule has 21 heavy (non-hydrogen) atoms. The molecule has 2 rings (SSSR count). The second kappa shape index (κ2) is 6.95. The second-order valence-corrected chi connectivity index (χ2v) is 4.69. The zero-order valence-electron chi connectivity index (χ0n) is 11.6. The van der Waals surface area contributed by atoms with Crippen LogP contribution in [-0.4, -0.2) is 0 Å². The van der Waals surface area contributed by atoms with E-state index in [1.165, 1.54) is 0 Å². The van der Waals surface area contributed by atoms with Crippen molar-refractivity contribution in [2.45, 2.75) is 18.3 Å². The molecule has 0 aromatic heterocycles. The number of rotatable bonds is 3. The van der Waals surface area contributed by atoms with Crippen LogP contribution in [0.1, 0.15) is 17.5 Å². The fraction of sp³-hybridized carbons (Fsp3) is 0.158. The van der Waals surface area contributed by atoms with E-state index in [1.54, 1.807) is 12.1 Å². The molecule has 2 nitrogen and oxygen atoms in total. The van der Waals surface area contributed by atoms with Crippen molar-refractivity contribution in [1.29, 1.82) is 10.5 Å². The smallest absolute Gasteiger partial charge is 0.179 e. The molecule has 0 aliphatic carbocycles. The lowest BCUT2D eigenvalue weighted by atomic mass is 9.80. The van der Waals surface area contributed by atoms with Crippen molar-refractivity contribution in [2.75, 3.05) is 0 Å². The minimum Gasteiger partial charge on any atom is -0.196 e. The summed E-state index contributed by atoms with van der Waals surface area (Å²) in [6, 6.07) is 23.3. The summed E-state index contributed by atoms with van der Waals surface area (Å²) in [5, 5.41) is 18.8. The van der Waals surface area contributed by atoms with Crippen LogP contribution < -0.4 is 0 Å². The molecular weight excluding hydrogens is 256 g/mol. The molecule has 0 heterocycles. The van der Waals surface area contributed by atoms with Crippen molar-refractivity contribution in [3.8, 4) is 24.0 Å². The van der Waals surface area contributed by atoms with Gasteiger partial charge in [-0.15, -0.1) is 0 Å². The van der Waals surface area contributed by atoms with Gasteiger partial charge in [-0.25, -0.2) is 0 Å². The first kappa shape index (κ1) is 14.4. The molecule has 2 heteroatoms. The molecule has 2 aromatic rings. The van der Waals surface area contributed by atoms with Crippen LogP contribution in [0.5, 0.6) is 0 Å². The zero-order valence-corrected chi connectivity index (χ0v) is 11.6. The molecule has 0 N–H and O–H groups in total. The number of hydrogen-bond donors (Lipinski definition) is 0. The molecule has 0 amide bonds. The van der Waals surface area contributed by atoms with Crippen molar-refractivity contribution >= 4 is 0 Å². The summed E-state index contributed by atoms with van der Waals surface area (Å²) in [6.07, 6.45) is 0.847. The van der Waals surface area contributed by atoms with E-state index in [9.17, 15) is 10.5 Å². The van der Waals surface area contributed by atoms with Gasteiger partial charge in [0.25, 0.3) is 0 Å². The lowest BCUT2D eigenvalue weighted by Crippen LogP contribution is -2.21. The van der Waals surface area contributed by atoms with Crippen LogP contribution in [0.2, 0.25) is 0 Å². The zero-order chi connectivity index (χ0) is 15.0. The Balaban J connectivity index is 2.13. The van der Waals surface area contributed by atoms with Crippen LogP contribution in [0.25, 0.3) is 0 Å². The maximum atomic E-state index is 9.41. The van der Waals surface area contributed by atoms with E-state index >= 15 is 0 Å². The van der Waals surface area contributed by atoms with Crippen LogP contribution in [0.4, 0.5) is 0 Å². The topological polar surface area (TPSA) is 47.6 Å². The maximum absolute atomic E-state index is 9.41. The first-order chi connectivity index (χ1) is 10.3. The summed E-state index contributed by atoms with van der Waals surface area (Å²) in [5.41, 5.74) is 0.638. The molecule has 0 bridgehead atoms. The van der Waals surface area contributed by atoms with Crippen LogP contribution in [-0.2, 0) is 11.8 Å². The Kier molecular flexibility index (Phi) is 4.76.